The Morgan fingerprint density at radius 3 is 2.95 bits per heavy atom. The Balaban J connectivity index is 1.80. The van der Waals surface area contributed by atoms with E-state index < -0.39 is 0 Å². The number of benzene rings is 2. The van der Waals surface area contributed by atoms with Crippen molar-refractivity contribution in [3.8, 4) is 16.9 Å². The minimum atomic E-state index is -0.0683. The molecule has 2 aromatic rings. The van der Waals surface area contributed by atoms with Crippen LogP contribution in [-0.2, 0) is 12.8 Å². The molecule has 0 fully saturated rings. The second kappa shape index (κ2) is 4.02. The molecule has 2 heteroatoms. The maximum Gasteiger partial charge on any atom is 0.123 e. The second-order valence-corrected chi connectivity index (χ2v) is 6.37. The fourth-order valence-corrected chi connectivity index (χ4v) is 3.39. The van der Waals surface area contributed by atoms with Gasteiger partial charge in [0.1, 0.15) is 11.4 Å². The van der Waals surface area contributed by atoms with E-state index in [9.17, 15) is 0 Å². The summed E-state index contributed by atoms with van der Waals surface area (Å²) < 4.78 is 5.97. The summed E-state index contributed by atoms with van der Waals surface area (Å²) in [5, 5.41) is 3.45. The van der Waals surface area contributed by atoms with Crippen LogP contribution in [-0.4, -0.2) is 12.1 Å². The molecule has 2 aliphatic heterocycles. The van der Waals surface area contributed by atoms with Crippen molar-refractivity contribution in [2.75, 3.05) is 11.9 Å². The Labute approximate surface area is 119 Å². The molecule has 0 spiro atoms. The molecule has 2 nitrogen and oxygen atoms in total. The minimum absolute atomic E-state index is 0.0683. The average Bonchev–Trinajstić information content (AvgIpc) is 2.98. The fraction of sp³-hybridized carbons (Fsp3) is 0.333. The van der Waals surface area contributed by atoms with Gasteiger partial charge in [-0.1, -0.05) is 18.2 Å². The quantitative estimate of drug-likeness (QED) is 0.840. The van der Waals surface area contributed by atoms with Crippen molar-refractivity contribution >= 4 is 5.69 Å². The molecule has 0 saturated carbocycles. The normalized spacial score (nSPS) is 18.1. The maximum atomic E-state index is 5.97. The Morgan fingerprint density at radius 2 is 2.05 bits per heavy atom. The van der Waals surface area contributed by atoms with Crippen LogP contribution in [0.1, 0.15) is 25.0 Å². The van der Waals surface area contributed by atoms with Crippen LogP contribution < -0.4 is 10.1 Å². The SMILES string of the molecule is CC1(C)Cc2cc(-c3cccc4c3CCN4)ccc2O1. The van der Waals surface area contributed by atoms with E-state index >= 15 is 0 Å². The first-order valence-corrected chi connectivity index (χ1v) is 7.30. The van der Waals surface area contributed by atoms with Gasteiger partial charge < -0.3 is 10.1 Å². The number of nitrogens with one attached hydrogen (secondary N) is 1. The zero-order valence-corrected chi connectivity index (χ0v) is 12.0. The van der Waals surface area contributed by atoms with Gasteiger partial charge in [-0.25, -0.2) is 0 Å². The second-order valence-electron chi connectivity index (χ2n) is 6.37. The molecule has 0 radical (unpaired) electrons. The van der Waals surface area contributed by atoms with Crippen molar-refractivity contribution in [3.63, 3.8) is 0 Å². The third kappa shape index (κ3) is 1.79. The van der Waals surface area contributed by atoms with Crippen LogP contribution in [0.25, 0.3) is 11.1 Å². The number of rotatable bonds is 1. The molecule has 1 N–H and O–H groups in total. The summed E-state index contributed by atoms with van der Waals surface area (Å²) in [4.78, 5) is 0. The predicted octanol–water partition coefficient (Wildman–Crippen LogP) is 4.04. The molecule has 2 aliphatic rings. The molecule has 20 heavy (non-hydrogen) atoms. The molecule has 2 aromatic carbocycles. The Bertz CT molecular complexity index is 688. The fourth-order valence-electron chi connectivity index (χ4n) is 3.39. The summed E-state index contributed by atoms with van der Waals surface area (Å²) in [6, 6.07) is 13.2. The van der Waals surface area contributed by atoms with Gasteiger partial charge in [0.15, 0.2) is 0 Å². The van der Waals surface area contributed by atoms with Gasteiger partial charge in [-0.15, -0.1) is 0 Å². The van der Waals surface area contributed by atoms with Crippen molar-refractivity contribution in [1.82, 2.24) is 0 Å². The van der Waals surface area contributed by atoms with Crippen LogP contribution in [0, 0.1) is 0 Å². The van der Waals surface area contributed by atoms with Crippen LogP contribution in [0.5, 0.6) is 5.75 Å². The standard InChI is InChI=1S/C18H19NO/c1-18(2)11-13-10-12(6-7-17(13)20-18)14-4-3-5-16-15(14)8-9-19-16/h3-7,10,19H,8-9,11H2,1-2H3. The van der Waals surface area contributed by atoms with E-state index in [1.165, 1.54) is 27.9 Å². The molecular weight excluding hydrogens is 246 g/mol. The van der Waals surface area contributed by atoms with Crippen molar-refractivity contribution in [3.05, 3.63) is 47.5 Å². The highest BCUT2D eigenvalue weighted by Crippen LogP contribution is 2.39. The van der Waals surface area contributed by atoms with Crippen LogP contribution >= 0.6 is 0 Å². The molecule has 102 valence electrons. The zero-order chi connectivity index (χ0) is 13.7. The zero-order valence-electron chi connectivity index (χ0n) is 12.0. The van der Waals surface area contributed by atoms with E-state index in [1.54, 1.807) is 0 Å². The first-order valence-electron chi connectivity index (χ1n) is 7.30. The van der Waals surface area contributed by atoms with Gasteiger partial charge in [0.25, 0.3) is 0 Å². The summed E-state index contributed by atoms with van der Waals surface area (Å²) in [7, 11) is 0. The molecule has 0 aliphatic carbocycles. The van der Waals surface area contributed by atoms with Gasteiger partial charge in [-0.05, 0) is 60.7 Å². The van der Waals surface area contributed by atoms with Crippen LogP contribution in [0.15, 0.2) is 36.4 Å². The van der Waals surface area contributed by atoms with Gasteiger partial charge in [0.2, 0.25) is 0 Å². The van der Waals surface area contributed by atoms with Crippen LogP contribution in [0.3, 0.4) is 0 Å². The van der Waals surface area contributed by atoms with Gasteiger partial charge in [0, 0.05) is 18.7 Å². The molecule has 0 unspecified atom stereocenters. The lowest BCUT2D eigenvalue weighted by atomic mass is 9.94. The molecule has 4 rings (SSSR count). The van der Waals surface area contributed by atoms with E-state index in [2.05, 4.69) is 55.6 Å². The van der Waals surface area contributed by atoms with Crippen molar-refractivity contribution < 1.29 is 4.74 Å². The summed E-state index contributed by atoms with van der Waals surface area (Å²) >= 11 is 0. The minimum Gasteiger partial charge on any atom is -0.487 e. The summed E-state index contributed by atoms with van der Waals surface area (Å²) in [6.07, 6.45) is 2.11. The summed E-state index contributed by atoms with van der Waals surface area (Å²) in [5.41, 5.74) is 6.67. The van der Waals surface area contributed by atoms with Crippen LogP contribution in [0.4, 0.5) is 5.69 Å². The van der Waals surface area contributed by atoms with E-state index in [1.807, 2.05) is 0 Å². The topological polar surface area (TPSA) is 21.3 Å². The van der Waals surface area contributed by atoms with Crippen molar-refractivity contribution in [2.45, 2.75) is 32.3 Å². The summed E-state index contributed by atoms with van der Waals surface area (Å²) in [5.74, 6) is 1.05. The van der Waals surface area contributed by atoms with Crippen LogP contribution in [0.2, 0.25) is 0 Å². The molecule has 2 heterocycles. The van der Waals surface area contributed by atoms with Gasteiger partial charge in [-0.2, -0.15) is 0 Å². The number of hydrogen-bond acceptors (Lipinski definition) is 2. The monoisotopic (exact) mass is 265 g/mol. The van der Waals surface area contributed by atoms with E-state index in [4.69, 9.17) is 4.74 Å². The molecular formula is C18H19NO. The largest absolute Gasteiger partial charge is 0.487 e. The summed E-state index contributed by atoms with van der Waals surface area (Å²) in [6.45, 7) is 5.35. The molecule has 0 aromatic heterocycles. The molecule has 0 atom stereocenters. The third-order valence-electron chi connectivity index (χ3n) is 4.24. The van der Waals surface area contributed by atoms with Gasteiger partial charge in [0.05, 0.1) is 0 Å². The first kappa shape index (κ1) is 11.8. The predicted molar refractivity (Wildman–Crippen MR) is 82.5 cm³/mol. The lowest BCUT2D eigenvalue weighted by Gasteiger charge is -2.16. The lowest BCUT2D eigenvalue weighted by Crippen LogP contribution is -2.24. The highest BCUT2D eigenvalue weighted by atomic mass is 16.5. The average molecular weight is 265 g/mol. The Morgan fingerprint density at radius 1 is 1.15 bits per heavy atom. The number of anilines is 1. The van der Waals surface area contributed by atoms with E-state index in [0.29, 0.717) is 0 Å². The number of fused-ring (bicyclic) bond motifs is 2. The maximum absolute atomic E-state index is 5.97. The van der Waals surface area contributed by atoms with E-state index in [-0.39, 0.29) is 5.60 Å². The van der Waals surface area contributed by atoms with Crippen molar-refractivity contribution in [1.29, 1.82) is 0 Å². The number of hydrogen-bond donors (Lipinski definition) is 1. The first-order chi connectivity index (χ1) is 9.62. The van der Waals surface area contributed by atoms with Gasteiger partial charge >= 0.3 is 0 Å². The smallest absolute Gasteiger partial charge is 0.123 e. The van der Waals surface area contributed by atoms with Crippen molar-refractivity contribution in [2.24, 2.45) is 0 Å². The lowest BCUT2D eigenvalue weighted by molar-refractivity contribution is 0.138. The highest BCUT2D eigenvalue weighted by Gasteiger charge is 2.30. The third-order valence-corrected chi connectivity index (χ3v) is 4.24. The Kier molecular flexibility index (Phi) is 2.38. The molecule has 0 saturated heterocycles. The molecule has 0 amide bonds. The highest BCUT2D eigenvalue weighted by molar-refractivity contribution is 5.76. The van der Waals surface area contributed by atoms with E-state index in [0.717, 1.165) is 25.1 Å². The molecule has 0 bridgehead atoms. The Hall–Kier alpha value is -1.96. The number of ether oxygens (including phenoxy) is 1. The van der Waals surface area contributed by atoms with Gasteiger partial charge in [-0.3, -0.25) is 0 Å².